The lowest BCUT2D eigenvalue weighted by molar-refractivity contribution is -0.133. The van der Waals surface area contributed by atoms with E-state index in [-0.39, 0.29) is 41.9 Å². The zero-order chi connectivity index (χ0) is 21.3. The predicted octanol–water partition coefficient (Wildman–Crippen LogP) is 0.932. The Labute approximate surface area is 174 Å². The van der Waals surface area contributed by atoms with E-state index >= 15 is 0 Å². The third-order valence-electron chi connectivity index (χ3n) is 5.49. The van der Waals surface area contributed by atoms with Gasteiger partial charge >= 0.3 is 0 Å². The largest absolute Gasteiger partial charge is 0.497 e. The molecule has 2 amide bonds. The maximum Gasteiger partial charge on any atom is 0.267 e. The zero-order valence-corrected chi connectivity index (χ0v) is 17.5. The van der Waals surface area contributed by atoms with Crippen molar-refractivity contribution in [3.05, 3.63) is 30.5 Å². The normalized spacial score (nSPS) is 21.0. The molecule has 1 atom stereocenters. The number of benzene rings is 1. The molecular weight excluding hydrogens is 408 g/mol. The molecule has 1 saturated heterocycles. The van der Waals surface area contributed by atoms with Crippen molar-refractivity contribution in [2.24, 2.45) is 5.10 Å². The van der Waals surface area contributed by atoms with Crippen LogP contribution in [0.2, 0.25) is 0 Å². The molecule has 1 aromatic heterocycles. The molecule has 2 aliphatic heterocycles. The van der Waals surface area contributed by atoms with E-state index in [4.69, 9.17) is 4.74 Å². The lowest BCUT2D eigenvalue weighted by Crippen LogP contribution is -2.44. The standard InChI is InChI=1S/C20H24N4O5S/c1-29-16-2-4-18-14(12-16)6-9-23(18)10-8-21-20(26)17-3-5-19(25)24(22-17)15-7-11-30(27,28)13-15/h2,4,6,9,12,15H,3,5,7-8,10-11,13H2,1H3,(H,21,26)/t15-/m1/s1. The van der Waals surface area contributed by atoms with Gasteiger partial charge in [0.1, 0.15) is 11.5 Å². The summed E-state index contributed by atoms with van der Waals surface area (Å²) in [6.45, 7) is 0.984. The van der Waals surface area contributed by atoms with Crippen LogP contribution < -0.4 is 10.1 Å². The Morgan fingerprint density at radius 2 is 2.13 bits per heavy atom. The van der Waals surface area contributed by atoms with Crippen LogP contribution in [0.3, 0.4) is 0 Å². The SMILES string of the molecule is COc1ccc2c(ccn2CCNC(=O)C2=NN([C@@H]3CCS(=O)(=O)C3)C(=O)CC2)c1. The highest BCUT2D eigenvalue weighted by molar-refractivity contribution is 7.91. The Morgan fingerprint density at radius 1 is 1.30 bits per heavy atom. The summed E-state index contributed by atoms with van der Waals surface area (Å²) in [5.41, 5.74) is 1.31. The molecule has 0 saturated carbocycles. The van der Waals surface area contributed by atoms with Crippen LogP contribution in [0.4, 0.5) is 0 Å². The van der Waals surface area contributed by atoms with Gasteiger partial charge < -0.3 is 14.6 Å². The van der Waals surface area contributed by atoms with E-state index in [1.54, 1.807) is 7.11 Å². The molecule has 0 radical (unpaired) electrons. The molecule has 3 heterocycles. The predicted molar refractivity (Wildman–Crippen MR) is 112 cm³/mol. The summed E-state index contributed by atoms with van der Waals surface area (Å²) in [6, 6.07) is 7.33. The molecule has 4 rings (SSSR count). The molecular formula is C20H24N4O5S. The number of nitrogens with one attached hydrogen (secondary N) is 1. The lowest BCUT2D eigenvalue weighted by atomic mass is 10.1. The van der Waals surface area contributed by atoms with Crippen LogP contribution in [0.15, 0.2) is 35.6 Å². The quantitative estimate of drug-likeness (QED) is 0.730. The van der Waals surface area contributed by atoms with E-state index in [2.05, 4.69) is 10.4 Å². The second-order valence-corrected chi connectivity index (χ2v) is 9.76. The topological polar surface area (TPSA) is 110 Å². The van der Waals surface area contributed by atoms with Crippen molar-refractivity contribution in [3.63, 3.8) is 0 Å². The summed E-state index contributed by atoms with van der Waals surface area (Å²) in [7, 11) is -1.52. The highest BCUT2D eigenvalue weighted by atomic mass is 32.2. The molecule has 0 bridgehead atoms. The van der Waals surface area contributed by atoms with Crippen LogP contribution in [0.25, 0.3) is 10.9 Å². The van der Waals surface area contributed by atoms with Gasteiger partial charge in [0.05, 0.1) is 24.7 Å². The number of aromatic nitrogens is 1. The molecule has 0 unspecified atom stereocenters. The fourth-order valence-electron chi connectivity index (χ4n) is 3.88. The lowest BCUT2D eigenvalue weighted by Gasteiger charge is -2.27. The van der Waals surface area contributed by atoms with Crippen LogP contribution in [0.5, 0.6) is 5.75 Å². The minimum absolute atomic E-state index is 0.0508. The van der Waals surface area contributed by atoms with E-state index in [9.17, 15) is 18.0 Å². The van der Waals surface area contributed by atoms with E-state index < -0.39 is 15.9 Å². The Bertz CT molecular complexity index is 1120. The maximum absolute atomic E-state index is 12.5. The highest BCUT2D eigenvalue weighted by Gasteiger charge is 2.37. The fourth-order valence-corrected chi connectivity index (χ4v) is 5.57. The van der Waals surface area contributed by atoms with Crippen molar-refractivity contribution >= 4 is 38.3 Å². The van der Waals surface area contributed by atoms with Crippen molar-refractivity contribution in [2.75, 3.05) is 25.2 Å². The zero-order valence-electron chi connectivity index (χ0n) is 16.7. The first kappa shape index (κ1) is 20.4. The Balaban J connectivity index is 1.38. The molecule has 1 aromatic carbocycles. The van der Waals surface area contributed by atoms with Gasteiger partial charge in [0.2, 0.25) is 5.91 Å². The number of carbonyl (C=O) groups is 2. The van der Waals surface area contributed by atoms with Gasteiger partial charge in [-0.25, -0.2) is 13.4 Å². The fraction of sp³-hybridized carbons (Fsp3) is 0.450. The molecule has 160 valence electrons. The number of fused-ring (bicyclic) bond motifs is 1. The second kappa shape index (κ2) is 8.10. The third-order valence-corrected chi connectivity index (χ3v) is 7.24. The van der Waals surface area contributed by atoms with Crippen molar-refractivity contribution < 1.29 is 22.7 Å². The summed E-state index contributed by atoms with van der Waals surface area (Å²) in [5, 5.41) is 9.30. The minimum Gasteiger partial charge on any atom is -0.497 e. The number of hydrazone groups is 1. The van der Waals surface area contributed by atoms with Gasteiger partial charge in [-0.1, -0.05) is 0 Å². The van der Waals surface area contributed by atoms with Gasteiger partial charge in [0.25, 0.3) is 5.91 Å². The molecule has 0 spiro atoms. The number of rotatable bonds is 6. The molecule has 2 aliphatic rings. The number of amides is 2. The van der Waals surface area contributed by atoms with Crippen molar-refractivity contribution in [1.29, 1.82) is 0 Å². The Hall–Kier alpha value is -2.88. The number of hydrogen-bond acceptors (Lipinski definition) is 6. The first-order valence-electron chi connectivity index (χ1n) is 9.87. The summed E-state index contributed by atoms with van der Waals surface area (Å²) < 4.78 is 30.7. The third kappa shape index (κ3) is 4.18. The molecule has 0 aliphatic carbocycles. The van der Waals surface area contributed by atoms with E-state index in [0.29, 0.717) is 19.5 Å². The number of carbonyl (C=O) groups excluding carboxylic acids is 2. The summed E-state index contributed by atoms with van der Waals surface area (Å²) >= 11 is 0. The van der Waals surface area contributed by atoms with Gasteiger partial charge in [-0.05, 0) is 30.7 Å². The van der Waals surface area contributed by atoms with Crippen LogP contribution in [-0.4, -0.2) is 66.7 Å². The number of methoxy groups -OCH3 is 1. The van der Waals surface area contributed by atoms with Gasteiger partial charge in [0, 0.05) is 43.0 Å². The van der Waals surface area contributed by atoms with Crippen LogP contribution in [0.1, 0.15) is 19.3 Å². The number of sulfone groups is 1. The Morgan fingerprint density at radius 3 is 2.87 bits per heavy atom. The highest BCUT2D eigenvalue weighted by Crippen LogP contribution is 2.23. The van der Waals surface area contributed by atoms with Gasteiger partial charge in [-0.2, -0.15) is 5.10 Å². The van der Waals surface area contributed by atoms with Gasteiger partial charge in [-0.3, -0.25) is 9.59 Å². The van der Waals surface area contributed by atoms with Crippen molar-refractivity contribution in [1.82, 2.24) is 14.9 Å². The first-order chi connectivity index (χ1) is 14.4. The molecule has 10 heteroatoms. The van der Waals surface area contributed by atoms with Crippen molar-refractivity contribution in [3.8, 4) is 5.75 Å². The van der Waals surface area contributed by atoms with E-state index in [1.807, 2.05) is 35.0 Å². The van der Waals surface area contributed by atoms with E-state index in [0.717, 1.165) is 16.7 Å². The molecule has 1 N–H and O–H groups in total. The second-order valence-electron chi connectivity index (χ2n) is 7.53. The first-order valence-corrected chi connectivity index (χ1v) is 11.7. The average Bonchev–Trinajstić information content (AvgIpc) is 3.30. The van der Waals surface area contributed by atoms with E-state index in [1.165, 1.54) is 5.01 Å². The Kier molecular flexibility index (Phi) is 5.50. The average molecular weight is 433 g/mol. The van der Waals surface area contributed by atoms with Gasteiger partial charge in [-0.15, -0.1) is 0 Å². The smallest absolute Gasteiger partial charge is 0.267 e. The summed E-state index contributed by atoms with van der Waals surface area (Å²) in [4.78, 5) is 24.7. The maximum atomic E-state index is 12.5. The van der Waals surface area contributed by atoms with Gasteiger partial charge in [0.15, 0.2) is 9.84 Å². The van der Waals surface area contributed by atoms with Crippen LogP contribution in [0, 0.1) is 0 Å². The van der Waals surface area contributed by atoms with Crippen LogP contribution >= 0.6 is 0 Å². The van der Waals surface area contributed by atoms with Crippen LogP contribution in [-0.2, 0) is 26.0 Å². The molecule has 2 aromatic rings. The number of hydrogen-bond donors (Lipinski definition) is 1. The molecule has 1 fully saturated rings. The summed E-state index contributed by atoms with van der Waals surface area (Å²) in [6.07, 6.45) is 2.73. The minimum atomic E-state index is -3.14. The monoisotopic (exact) mass is 432 g/mol. The van der Waals surface area contributed by atoms with Crippen molar-refractivity contribution in [2.45, 2.75) is 31.8 Å². The number of ether oxygens (including phenoxy) is 1. The summed E-state index contributed by atoms with van der Waals surface area (Å²) in [5.74, 6) is 0.185. The number of nitrogens with zero attached hydrogens (tertiary/aromatic N) is 3. The molecule has 9 nitrogen and oxygen atoms in total. The molecule has 30 heavy (non-hydrogen) atoms.